The standard InChI is InChI=1S/C64H37N3O2/c1-2-14-38(15-3-1)39-16-12-17-42(34-39)61-65-62(43-30-33-57-50(36-43)48-21-7-11-26-56(48)68-57)67-63(66-61)49-22-13-27-59-60(49)51-35-40(29-32-58(51)69-59)41-28-31-47-46-20-6-10-25-54(46)64(55(47)37-41)52-23-8-4-18-44(52)45-19-5-9-24-53(45)64/h1-37H. The third kappa shape index (κ3) is 5.50. The number of fused-ring (bicyclic) bond motifs is 16. The van der Waals surface area contributed by atoms with E-state index in [2.05, 4.69) is 176 Å². The second-order valence-corrected chi connectivity index (χ2v) is 18.2. The van der Waals surface area contributed by atoms with E-state index in [0.717, 1.165) is 82.8 Å². The summed E-state index contributed by atoms with van der Waals surface area (Å²) in [5.41, 5.74) is 20.3. The van der Waals surface area contributed by atoms with E-state index in [1.807, 2.05) is 48.5 Å². The van der Waals surface area contributed by atoms with E-state index < -0.39 is 5.41 Å². The molecule has 5 nitrogen and oxygen atoms in total. The van der Waals surface area contributed by atoms with Crippen LogP contribution in [0.3, 0.4) is 0 Å². The number of hydrogen-bond donors (Lipinski definition) is 0. The fraction of sp³-hybridized carbons (Fsp3) is 0.0156. The topological polar surface area (TPSA) is 65.0 Å². The van der Waals surface area contributed by atoms with Crippen molar-refractivity contribution in [1.29, 1.82) is 0 Å². The summed E-state index contributed by atoms with van der Waals surface area (Å²) in [5, 5.41) is 4.01. The van der Waals surface area contributed by atoms with Crippen molar-refractivity contribution in [2.75, 3.05) is 0 Å². The van der Waals surface area contributed by atoms with Gasteiger partial charge < -0.3 is 8.83 Å². The van der Waals surface area contributed by atoms with Gasteiger partial charge in [-0.15, -0.1) is 0 Å². The molecule has 1 spiro atoms. The van der Waals surface area contributed by atoms with E-state index in [1.54, 1.807) is 0 Å². The van der Waals surface area contributed by atoms with Gasteiger partial charge in [-0.05, 0) is 121 Å². The van der Waals surface area contributed by atoms with Gasteiger partial charge in [-0.25, -0.2) is 15.0 Å². The number of furan rings is 2. The van der Waals surface area contributed by atoms with Gasteiger partial charge in [-0.3, -0.25) is 0 Å². The summed E-state index contributed by atoms with van der Waals surface area (Å²) in [5.74, 6) is 1.71. The first-order valence-electron chi connectivity index (χ1n) is 23.4. The van der Waals surface area contributed by atoms with E-state index in [-0.39, 0.29) is 0 Å². The van der Waals surface area contributed by atoms with Crippen molar-refractivity contribution in [2.24, 2.45) is 0 Å². The maximum Gasteiger partial charge on any atom is 0.164 e. The summed E-state index contributed by atoms with van der Waals surface area (Å²) in [4.78, 5) is 15.8. The van der Waals surface area contributed by atoms with Gasteiger partial charge in [0.1, 0.15) is 22.3 Å². The first-order chi connectivity index (χ1) is 34.2. The minimum atomic E-state index is -0.432. The number of para-hydroxylation sites is 1. The Morgan fingerprint density at radius 3 is 1.48 bits per heavy atom. The zero-order chi connectivity index (χ0) is 45.2. The third-order valence-electron chi connectivity index (χ3n) is 14.6. The van der Waals surface area contributed by atoms with Gasteiger partial charge >= 0.3 is 0 Å². The van der Waals surface area contributed by atoms with Crippen LogP contribution < -0.4 is 0 Å². The van der Waals surface area contributed by atoms with Crippen LogP contribution in [0.5, 0.6) is 0 Å². The molecule has 0 unspecified atom stereocenters. The van der Waals surface area contributed by atoms with E-state index in [4.69, 9.17) is 23.8 Å². The fourth-order valence-electron chi connectivity index (χ4n) is 11.6. The van der Waals surface area contributed by atoms with Gasteiger partial charge in [0.05, 0.1) is 5.41 Å². The SMILES string of the molecule is c1ccc(-c2cccc(-c3nc(-c4ccc5oc6ccccc6c5c4)nc(-c4cccc5oc6ccc(-c7ccc8c(c7)C7(c9ccccc9-c9ccccc97)c7ccccc7-8)cc6c45)n3)c2)cc1. The highest BCUT2D eigenvalue weighted by Crippen LogP contribution is 2.63. The predicted octanol–water partition coefficient (Wildman–Crippen LogP) is 16.3. The van der Waals surface area contributed by atoms with Crippen LogP contribution in [0.15, 0.2) is 233 Å². The third-order valence-corrected chi connectivity index (χ3v) is 14.6. The Morgan fingerprint density at radius 1 is 0.261 bits per heavy atom. The van der Waals surface area contributed by atoms with Crippen LogP contribution in [-0.2, 0) is 5.41 Å². The normalized spacial score (nSPS) is 13.0. The molecule has 13 aromatic rings. The highest BCUT2D eigenvalue weighted by Gasteiger charge is 2.51. The molecular formula is C64H37N3O2. The minimum Gasteiger partial charge on any atom is -0.456 e. The van der Waals surface area contributed by atoms with E-state index in [1.165, 1.54) is 44.5 Å². The molecule has 0 bridgehead atoms. The molecule has 69 heavy (non-hydrogen) atoms. The predicted molar refractivity (Wildman–Crippen MR) is 278 cm³/mol. The summed E-state index contributed by atoms with van der Waals surface area (Å²) in [6.45, 7) is 0. The summed E-state index contributed by atoms with van der Waals surface area (Å²) in [6.07, 6.45) is 0. The molecule has 0 atom stereocenters. The molecule has 15 rings (SSSR count). The molecule has 2 aliphatic carbocycles. The zero-order valence-corrected chi connectivity index (χ0v) is 37.0. The minimum absolute atomic E-state index is 0.432. The lowest BCUT2D eigenvalue weighted by Gasteiger charge is -2.30. The molecule has 0 saturated heterocycles. The molecule has 3 aromatic heterocycles. The van der Waals surface area contributed by atoms with Crippen LogP contribution in [0.25, 0.3) is 123 Å². The zero-order valence-electron chi connectivity index (χ0n) is 37.0. The van der Waals surface area contributed by atoms with Crippen molar-refractivity contribution in [3.05, 3.63) is 247 Å². The van der Waals surface area contributed by atoms with Gasteiger partial charge in [-0.2, -0.15) is 0 Å². The first kappa shape index (κ1) is 38.0. The van der Waals surface area contributed by atoms with E-state index in [0.29, 0.717) is 17.5 Å². The van der Waals surface area contributed by atoms with Crippen LogP contribution >= 0.6 is 0 Å². The molecule has 0 radical (unpaired) electrons. The number of benzene rings is 10. The van der Waals surface area contributed by atoms with Crippen LogP contribution in [0.2, 0.25) is 0 Å². The van der Waals surface area contributed by atoms with Crippen LogP contribution in [0, 0.1) is 0 Å². The van der Waals surface area contributed by atoms with Crippen LogP contribution in [0.4, 0.5) is 0 Å². The molecule has 5 heteroatoms. The summed E-state index contributed by atoms with van der Waals surface area (Å²) >= 11 is 0. The van der Waals surface area contributed by atoms with Gasteiger partial charge in [0, 0.05) is 38.2 Å². The van der Waals surface area contributed by atoms with E-state index in [9.17, 15) is 0 Å². The Labute approximate surface area is 396 Å². The largest absolute Gasteiger partial charge is 0.456 e. The maximum atomic E-state index is 6.67. The lowest BCUT2D eigenvalue weighted by atomic mass is 9.70. The van der Waals surface area contributed by atoms with Crippen LogP contribution in [-0.4, -0.2) is 15.0 Å². The Bertz CT molecular complexity index is 4210. The Kier molecular flexibility index (Phi) is 7.93. The fourth-order valence-corrected chi connectivity index (χ4v) is 11.6. The Balaban J connectivity index is 0.920. The summed E-state index contributed by atoms with van der Waals surface area (Å²) in [6, 6.07) is 79.8. The van der Waals surface area contributed by atoms with Crippen molar-refractivity contribution >= 4 is 43.9 Å². The first-order valence-corrected chi connectivity index (χ1v) is 23.4. The quantitative estimate of drug-likeness (QED) is 0.172. The monoisotopic (exact) mass is 879 g/mol. The van der Waals surface area contributed by atoms with Gasteiger partial charge in [0.25, 0.3) is 0 Å². The number of aromatic nitrogens is 3. The van der Waals surface area contributed by atoms with Crippen LogP contribution in [0.1, 0.15) is 22.3 Å². The molecule has 10 aromatic carbocycles. The van der Waals surface area contributed by atoms with Crippen molar-refractivity contribution in [3.8, 4) is 78.7 Å². The highest BCUT2D eigenvalue weighted by atomic mass is 16.3. The van der Waals surface area contributed by atoms with Crippen molar-refractivity contribution < 1.29 is 8.83 Å². The number of hydrogen-bond acceptors (Lipinski definition) is 5. The lowest BCUT2D eigenvalue weighted by Crippen LogP contribution is -2.25. The van der Waals surface area contributed by atoms with Crippen molar-refractivity contribution in [2.45, 2.75) is 5.41 Å². The lowest BCUT2D eigenvalue weighted by molar-refractivity contribution is 0.668. The summed E-state index contributed by atoms with van der Waals surface area (Å²) in [7, 11) is 0. The highest BCUT2D eigenvalue weighted by molar-refractivity contribution is 6.13. The average Bonchev–Trinajstić information content (AvgIpc) is 4.16. The van der Waals surface area contributed by atoms with E-state index >= 15 is 0 Å². The van der Waals surface area contributed by atoms with Crippen molar-refractivity contribution in [1.82, 2.24) is 15.0 Å². The van der Waals surface area contributed by atoms with Gasteiger partial charge in [0.2, 0.25) is 0 Å². The Hall–Kier alpha value is -9.19. The molecule has 0 saturated carbocycles. The number of nitrogens with zero attached hydrogens (tertiary/aromatic N) is 3. The summed E-state index contributed by atoms with van der Waals surface area (Å²) < 4.78 is 12.9. The average molecular weight is 880 g/mol. The second-order valence-electron chi connectivity index (χ2n) is 18.2. The van der Waals surface area contributed by atoms with Gasteiger partial charge in [0.15, 0.2) is 17.5 Å². The molecule has 0 aliphatic heterocycles. The molecule has 0 N–H and O–H groups in total. The maximum absolute atomic E-state index is 6.67. The second kappa shape index (κ2) is 14.4. The molecule has 2 aliphatic rings. The molecule has 320 valence electrons. The molecule has 0 fully saturated rings. The number of rotatable bonds is 5. The van der Waals surface area contributed by atoms with Crippen molar-refractivity contribution in [3.63, 3.8) is 0 Å². The molecular weight excluding hydrogens is 843 g/mol. The Morgan fingerprint density at radius 2 is 0.725 bits per heavy atom. The van der Waals surface area contributed by atoms with Gasteiger partial charge in [-0.1, -0.05) is 170 Å². The molecule has 0 amide bonds. The molecule has 3 heterocycles. The smallest absolute Gasteiger partial charge is 0.164 e.